The van der Waals surface area contributed by atoms with Crippen LogP contribution in [0.3, 0.4) is 0 Å². The molecule has 0 aliphatic rings. The maximum atomic E-state index is 4.20. The van der Waals surface area contributed by atoms with Crippen LogP contribution in [0.2, 0.25) is 0 Å². The number of nitrogens with zero attached hydrogens (tertiary/aromatic N) is 2. The largest absolute Gasteiger partial charge is 0.269 e. The van der Waals surface area contributed by atoms with Crippen molar-refractivity contribution in [2.45, 2.75) is 26.3 Å². The number of halogens is 1. The lowest BCUT2D eigenvalue weighted by Crippen LogP contribution is -1.99. The van der Waals surface area contributed by atoms with Gasteiger partial charge in [0.2, 0.25) is 0 Å². The maximum Gasteiger partial charge on any atom is 0.0646 e. The third kappa shape index (κ3) is 3.23. The van der Waals surface area contributed by atoms with Crippen molar-refractivity contribution in [2.75, 3.05) is 5.33 Å². The van der Waals surface area contributed by atoms with Crippen LogP contribution in [0.15, 0.2) is 12.4 Å². The first-order valence-electron chi connectivity index (χ1n) is 4.33. The van der Waals surface area contributed by atoms with E-state index < -0.39 is 0 Å². The van der Waals surface area contributed by atoms with Gasteiger partial charge in [-0.1, -0.05) is 27.8 Å². The lowest BCUT2D eigenvalue weighted by molar-refractivity contribution is 0.532. The minimum Gasteiger partial charge on any atom is -0.269 e. The molecule has 0 unspecified atom stereocenters. The quantitative estimate of drug-likeness (QED) is 0.574. The van der Waals surface area contributed by atoms with Crippen LogP contribution < -0.4 is 0 Å². The Hall–Kier alpha value is -0.750. The maximum absolute atomic E-state index is 4.20. The first-order chi connectivity index (χ1) is 6.24. The van der Waals surface area contributed by atoms with Crippen molar-refractivity contribution in [3.63, 3.8) is 0 Å². The normalized spacial score (nSPS) is 9.85. The molecule has 0 amide bonds. The number of hydrogen-bond donors (Lipinski definition) is 0. The molecule has 0 aromatic carbocycles. The van der Waals surface area contributed by atoms with Crippen molar-refractivity contribution in [1.82, 2.24) is 9.78 Å². The van der Waals surface area contributed by atoms with E-state index >= 15 is 0 Å². The van der Waals surface area contributed by atoms with Crippen LogP contribution in [0.4, 0.5) is 0 Å². The van der Waals surface area contributed by atoms with Crippen LogP contribution in [0.25, 0.3) is 0 Å². The molecule has 0 atom stereocenters. The molecule has 0 saturated heterocycles. The zero-order chi connectivity index (χ0) is 9.68. The van der Waals surface area contributed by atoms with Crippen LogP contribution in [0.1, 0.15) is 31.9 Å². The second-order valence-corrected chi connectivity index (χ2v) is 3.84. The van der Waals surface area contributed by atoms with E-state index in [1.54, 1.807) is 6.20 Å². The topological polar surface area (TPSA) is 17.8 Å². The van der Waals surface area contributed by atoms with Gasteiger partial charge in [-0.15, -0.1) is 0 Å². The van der Waals surface area contributed by atoms with Gasteiger partial charge in [0.25, 0.3) is 0 Å². The zero-order valence-electron chi connectivity index (χ0n) is 7.92. The molecule has 13 heavy (non-hydrogen) atoms. The van der Waals surface area contributed by atoms with Crippen LogP contribution in [-0.4, -0.2) is 15.1 Å². The second kappa shape index (κ2) is 5.08. The van der Waals surface area contributed by atoms with Crippen LogP contribution in [0, 0.1) is 11.8 Å². The predicted octanol–water partition coefficient (Wildman–Crippen LogP) is 2.60. The Bertz CT molecular complexity index is 317. The molecule has 0 bridgehead atoms. The highest BCUT2D eigenvalue weighted by Gasteiger charge is 1.97. The summed E-state index contributed by atoms with van der Waals surface area (Å²) in [5, 5.41) is 5.13. The van der Waals surface area contributed by atoms with Crippen LogP contribution >= 0.6 is 15.9 Å². The van der Waals surface area contributed by atoms with Crippen molar-refractivity contribution < 1.29 is 0 Å². The number of hydrogen-bond acceptors (Lipinski definition) is 1. The van der Waals surface area contributed by atoms with Gasteiger partial charge in [0.1, 0.15) is 0 Å². The molecule has 0 aliphatic heterocycles. The Balaban J connectivity index is 2.65. The highest BCUT2D eigenvalue weighted by Crippen LogP contribution is 2.03. The van der Waals surface area contributed by atoms with Gasteiger partial charge in [0, 0.05) is 24.0 Å². The summed E-state index contributed by atoms with van der Waals surface area (Å²) >= 11 is 3.33. The molecule has 1 rings (SSSR count). The summed E-state index contributed by atoms with van der Waals surface area (Å²) in [5.74, 6) is 6.11. The summed E-state index contributed by atoms with van der Waals surface area (Å²) in [6.45, 7) is 4.20. The highest BCUT2D eigenvalue weighted by molar-refractivity contribution is 9.09. The minimum absolute atomic E-state index is 0.409. The number of rotatable bonds is 2. The van der Waals surface area contributed by atoms with E-state index in [-0.39, 0.29) is 0 Å². The summed E-state index contributed by atoms with van der Waals surface area (Å²) < 4.78 is 1.91. The third-order valence-electron chi connectivity index (χ3n) is 1.58. The molecule has 0 fully saturated rings. The summed E-state index contributed by atoms with van der Waals surface area (Å²) in [7, 11) is 0. The molecule has 3 heteroatoms. The fraction of sp³-hybridized carbons (Fsp3) is 0.500. The van der Waals surface area contributed by atoms with E-state index in [9.17, 15) is 0 Å². The van der Waals surface area contributed by atoms with E-state index in [2.05, 4.69) is 46.7 Å². The summed E-state index contributed by atoms with van der Waals surface area (Å²) in [6.07, 6.45) is 4.67. The third-order valence-corrected chi connectivity index (χ3v) is 1.98. The summed E-state index contributed by atoms with van der Waals surface area (Å²) in [6, 6.07) is 0.409. The summed E-state index contributed by atoms with van der Waals surface area (Å²) in [5.41, 5.74) is 0.995. The highest BCUT2D eigenvalue weighted by atomic mass is 79.9. The Kier molecular flexibility index (Phi) is 4.04. The average molecular weight is 241 g/mol. The van der Waals surface area contributed by atoms with Crippen molar-refractivity contribution in [3.05, 3.63) is 18.0 Å². The molecule has 0 spiro atoms. The van der Waals surface area contributed by atoms with Gasteiger partial charge in [0.05, 0.1) is 11.8 Å². The van der Waals surface area contributed by atoms with Gasteiger partial charge in [-0.05, 0) is 13.8 Å². The molecule has 0 radical (unpaired) electrons. The van der Waals surface area contributed by atoms with Crippen LogP contribution in [-0.2, 0) is 0 Å². The summed E-state index contributed by atoms with van der Waals surface area (Å²) in [4.78, 5) is 0. The molecular formula is C10H13BrN2. The smallest absolute Gasteiger partial charge is 0.0646 e. The van der Waals surface area contributed by atoms with Gasteiger partial charge < -0.3 is 0 Å². The van der Waals surface area contributed by atoms with Crippen molar-refractivity contribution in [1.29, 1.82) is 0 Å². The predicted molar refractivity (Wildman–Crippen MR) is 57.9 cm³/mol. The molecule has 1 aromatic heterocycles. The molecule has 0 aliphatic carbocycles. The Morgan fingerprint density at radius 2 is 2.38 bits per heavy atom. The second-order valence-electron chi connectivity index (χ2n) is 3.04. The average Bonchev–Trinajstić information content (AvgIpc) is 2.53. The molecule has 1 aromatic rings. The van der Waals surface area contributed by atoms with Gasteiger partial charge in [-0.3, -0.25) is 4.68 Å². The molecule has 0 saturated carbocycles. The van der Waals surface area contributed by atoms with Gasteiger partial charge in [-0.25, -0.2) is 0 Å². The van der Waals surface area contributed by atoms with E-state index in [1.807, 2.05) is 10.9 Å². The van der Waals surface area contributed by atoms with Crippen molar-refractivity contribution in [3.8, 4) is 11.8 Å². The minimum atomic E-state index is 0.409. The molecule has 1 heterocycles. The van der Waals surface area contributed by atoms with E-state index in [1.165, 1.54) is 0 Å². The van der Waals surface area contributed by atoms with E-state index in [0.29, 0.717) is 6.04 Å². The number of alkyl halides is 1. The monoisotopic (exact) mass is 240 g/mol. The van der Waals surface area contributed by atoms with Crippen LogP contribution in [0.5, 0.6) is 0 Å². The fourth-order valence-electron chi connectivity index (χ4n) is 0.897. The number of aromatic nitrogens is 2. The fourth-order valence-corrected chi connectivity index (χ4v) is 1.10. The van der Waals surface area contributed by atoms with Gasteiger partial charge in [0.15, 0.2) is 0 Å². The molecule has 0 N–H and O–H groups in total. The Morgan fingerprint density at radius 1 is 1.62 bits per heavy atom. The van der Waals surface area contributed by atoms with Crippen molar-refractivity contribution >= 4 is 15.9 Å². The first-order valence-corrected chi connectivity index (χ1v) is 5.45. The van der Waals surface area contributed by atoms with E-state index in [0.717, 1.165) is 17.3 Å². The first kappa shape index (κ1) is 10.3. The molecule has 70 valence electrons. The Morgan fingerprint density at radius 3 is 2.92 bits per heavy atom. The molecule has 2 nitrogen and oxygen atoms in total. The van der Waals surface area contributed by atoms with E-state index in [4.69, 9.17) is 0 Å². The Labute approximate surface area is 87.5 Å². The van der Waals surface area contributed by atoms with Gasteiger partial charge in [-0.2, -0.15) is 5.10 Å². The lowest BCUT2D eigenvalue weighted by atomic mass is 10.3. The standard InChI is InChI=1S/C10H13BrN2/c1-9(2)13-8-10(7-12-13)5-3-4-6-11/h7-9H,4,6H2,1-2H3. The zero-order valence-corrected chi connectivity index (χ0v) is 9.50. The van der Waals surface area contributed by atoms with Crippen molar-refractivity contribution in [2.24, 2.45) is 0 Å². The lowest BCUT2D eigenvalue weighted by Gasteiger charge is -2.02. The molecular weight excluding hydrogens is 228 g/mol. The SMILES string of the molecule is CC(C)n1cc(C#CCCBr)cn1. The van der Waals surface area contributed by atoms with Gasteiger partial charge >= 0.3 is 0 Å².